The molecule has 0 bridgehead atoms. The molecule has 0 fully saturated rings. The van der Waals surface area contributed by atoms with Gasteiger partial charge in [-0.1, -0.05) is 48.9 Å². The van der Waals surface area contributed by atoms with E-state index in [0.717, 1.165) is 17.9 Å². The SMILES string of the molecule is CC[C@@H](NC(=O)c1ccc(OCCSc2ccccc2)cc1)c1ccc(C)cc1C. The highest BCUT2D eigenvalue weighted by atomic mass is 32.2. The van der Waals surface area contributed by atoms with Gasteiger partial charge in [-0.15, -0.1) is 11.8 Å². The van der Waals surface area contributed by atoms with E-state index in [1.165, 1.54) is 21.6 Å². The lowest BCUT2D eigenvalue weighted by Crippen LogP contribution is -2.28. The van der Waals surface area contributed by atoms with Crippen molar-refractivity contribution in [3.63, 3.8) is 0 Å². The maximum absolute atomic E-state index is 12.7. The first-order valence-corrected chi connectivity index (χ1v) is 11.3. The van der Waals surface area contributed by atoms with Crippen molar-refractivity contribution in [3.05, 3.63) is 95.1 Å². The lowest BCUT2D eigenvalue weighted by atomic mass is 9.97. The summed E-state index contributed by atoms with van der Waals surface area (Å²) < 4.78 is 5.81. The number of amides is 1. The average Bonchev–Trinajstić information content (AvgIpc) is 2.76. The van der Waals surface area contributed by atoms with Gasteiger partial charge in [0.15, 0.2) is 0 Å². The molecule has 3 rings (SSSR count). The minimum atomic E-state index is -0.0620. The smallest absolute Gasteiger partial charge is 0.251 e. The summed E-state index contributed by atoms with van der Waals surface area (Å²) in [6.07, 6.45) is 0.843. The van der Waals surface area contributed by atoms with Crippen LogP contribution in [0.25, 0.3) is 0 Å². The molecule has 3 aromatic rings. The number of nitrogens with one attached hydrogen (secondary N) is 1. The van der Waals surface area contributed by atoms with Crippen molar-refractivity contribution in [2.45, 2.75) is 38.1 Å². The summed E-state index contributed by atoms with van der Waals surface area (Å²) in [6.45, 7) is 6.89. The molecule has 1 amide bonds. The van der Waals surface area contributed by atoms with Crippen molar-refractivity contribution in [2.75, 3.05) is 12.4 Å². The monoisotopic (exact) mass is 419 g/mol. The van der Waals surface area contributed by atoms with E-state index in [0.29, 0.717) is 12.2 Å². The topological polar surface area (TPSA) is 38.3 Å². The fraction of sp³-hybridized carbons (Fsp3) is 0.269. The zero-order valence-corrected chi connectivity index (χ0v) is 18.7. The summed E-state index contributed by atoms with van der Waals surface area (Å²) in [5.41, 5.74) is 4.26. The third kappa shape index (κ3) is 6.14. The summed E-state index contributed by atoms with van der Waals surface area (Å²) in [6, 6.07) is 24.0. The Labute approximate surface area is 183 Å². The van der Waals surface area contributed by atoms with E-state index in [9.17, 15) is 4.79 Å². The maximum atomic E-state index is 12.7. The predicted molar refractivity (Wildman–Crippen MR) is 126 cm³/mol. The van der Waals surface area contributed by atoms with Crippen LogP contribution >= 0.6 is 11.8 Å². The number of carbonyl (C=O) groups is 1. The Morgan fingerprint density at radius 2 is 1.73 bits per heavy atom. The van der Waals surface area contributed by atoms with Gasteiger partial charge in [0.1, 0.15) is 5.75 Å². The molecule has 156 valence electrons. The Bertz CT molecular complexity index is 955. The first-order valence-electron chi connectivity index (χ1n) is 10.4. The molecule has 3 aromatic carbocycles. The average molecular weight is 420 g/mol. The molecule has 0 aliphatic carbocycles. The van der Waals surface area contributed by atoms with Gasteiger partial charge in [0.05, 0.1) is 12.6 Å². The Hall–Kier alpha value is -2.72. The van der Waals surface area contributed by atoms with Crippen LogP contribution in [0.3, 0.4) is 0 Å². The van der Waals surface area contributed by atoms with Crippen LogP contribution in [0.1, 0.15) is 46.4 Å². The van der Waals surface area contributed by atoms with Crippen LogP contribution in [-0.2, 0) is 0 Å². The molecule has 0 radical (unpaired) electrons. The number of thioether (sulfide) groups is 1. The Morgan fingerprint density at radius 3 is 2.40 bits per heavy atom. The fourth-order valence-corrected chi connectivity index (χ4v) is 4.15. The zero-order valence-electron chi connectivity index (χ0n) is 17.9. The van der Waals surface area contributed by atoms with E-state index < -0.39 is 0 Å². The molecule has 0 aliphatic rings. The minimum absolute atomic E-state index is 0.00374. The zero-order chi connectivity index (χ0) is 21.3. The highest BCUT2D eigenvalue weighted by Gasteiger charge is 2.16. The fourth-order valence-electron chi connectivity index (χ4n) is 3.40. The molecule has 0 aromatic heterocycles. The van der Waals surface area contributed by atoms with E-state index >= 15 is 0 Å². The van der Waals surface area contributed by atoms with Crippen molar-refractivity contribution in [1.82, 2.24) is 5.32 Å². The van der Waals surface area contributed by atoms with E-state index in [1.807, 2.05) is 42.5 Å². The first-order chi connectivity index (χ1) is 14.6. The second-order valence-electron chi connectivity index (χ2n) is 7.33. The maximum Gasteiger partial charge on any atom is 0.251 e. The van der Waals surface area contributed by atoms with Crippen molar-refractivity contribution in [3.8, 4) is 5.75 Å². The molecule has 3 nitrogen and oxygen atoms in total. The Kier molecular flexibility index (Phi) is 7.97. The van der Waals surface area contributed by atoms with Gasteiger partial charge in [0.2, 0.25) is 0 Å². The second-order valence-corrected chi connectivity index (χ2v) is 8.50. The van der Waals surface area contributed by atoms with Gasteiger partial charge in [0, 0.05) is 16.2 Å². The van der Waals surface area contributed by atoms with Crippen LogP contribution < -0.4 is 10.1 Å². The normalized spacial score (nSPS) is 11.7. The Morgan fingerprint density at radius 1 is 1.00 bits per heavy atom. The second kappa shape index (κ2) is 10.9. The number of hydrogen-bond acceptors (Lipinski definition) is 3. The molecule has 0 heterocycles. The molecule has 0 spiro atoms. The lowest BCUT2D eigenvalue weighted by Gasteiger charge is -2.20. The van der Waals surface area contributed by atoms with Crippen molar-refractivity contribution in [1.29, 1.82) is 0 Å². The van der Waals surface area contributed by atoms with Crippen molar-refractivity contribution >= 4 is 17.7 Å². The third-order valence-corrected chi connectivity index (χ3v) is 5.97. The predicted octanol–water partition coefficient (Wildman–Crippen LogP) is 6.36. The summed E-state index contributed by atoms with van der Waals surface area (Å²) in [7, 11) is 0. The summed E-state index contributed by atoms with van der Waals surface area (Å²) in [5, 5.41) is 3.17. The van der Waals surface area contributed by atoms with Crippen molar-refractivity contribution in [2.24, 2.45) is 0 Å². The van der Waals surface area contributed by atoms with Gasteiger partial charge in [-0.3, -0.25) is 4.79 Å². The third-order valence-electron chi connectivity index (χ3n) is 4.99. The molecule has 1 atom stereocenters. The van der Waals surface area contributed by atoms with Crippen LogP contribution in [0.15, 0.2) is 77.7 Å². The number of benzene rings is 3. The quantitative estimate of drug-likeness (QED) is 0.324. The number of ether oxygens (including phenoxy) is 1. The molecule has 0 saturated heterocycles. The van der Waals surface area contributed by atoms with E-state index in [4.69, 9.17) is 4.74 Å². The van der Waals surface area contributed by atoms with E-state index in [-0.39, 0.29) is 11.9 Å². The van der Waals surface area contributed by atoms with Crippen LogP contribution in [0.2, 0.25) is 0 Å². The number of hydrogen-bond donors (Lipinski definition) is 1. The van der Waals surface area contributed by atoms with Crippen LogP contribution in [-0.4, -0.2) is 18.3 Å². The van der Waals surface area contributed by atoms with E-state index in [1.54, 1.807) is 11.8 Å². The summed E-state index contributed by atoms with van der Waals surface area (Å²) in [4.78, 5) is 14.0. The molecular formula is C26H29NO2S. The number of carbonyl (C=O) groups excluding carboxylic acids is 1. The van der Waals surface area contributed by atoms with Crippen LogP contribution in [0.5, 0.6) is 5.75 Å². The summed E-state index contributed by atoms with van der Waals surface area (Å²) in [5.74, 6) is 1.59. The molecule has 0 unspecified atom stereocenters. The van der Waals surface area contributed by atoms with Crippen molar-refractivity contribution < 1.29 is 9.53 Å². The van der Waals surface area contributed by atoms with Gasteiger partial charge >= 0.3 is 0 Å². The highest BCUT2D eigenvalue weighted by molar-refractivity contribution is 7.99. The van der Waals surface area contributed by atoms with Crippen LogP contribution in [0.4, 0.5) is 0 Å². The van der Waals surface area contributed by atoms with E-state index in [2.05, 4.69) is 56.4 Å². The molecule has 30 heavy (non-hydrogen) atoms. The summed E-state index contributed by atoms with van der Waals surface area (Å²) >= 11 is 1.77. The molecule has 1 N–H and O–H groups in total. The molecule has 4 heteroatoms. The number of rotatable bonds is 9. The first kappa shape index (κ1) is 22.0. The molecule has 0 saturated carbocycles. The molecule has 0 aliphatic heterocycles. The van der Waals surface area contributed by atoms with Gasteiger partial charge in [0.25, 0.3) is 5.91 Å². The van der Waals surface area contributed by atoms with Gasteiger partial charge in [-0.2, -0.15) is 0 Å². The van der Waals surface area contributed by atoms with Crippen LogP contribution in [0, 0.1) is 13.8 Å². The highest BCUT2D eigenvalue weighted by Crippen LogP contribution is 2.23. The Balaban J connectivity index is 1.52. The molecular weight excluding hydrogens is 390 g/mol. The van der Waals surface area contributed by atoms with Gasteiger partial charge in [-0.05, 0) is 67.8 Å². The standard InChI is InChI=1S/C26H29NO2S/c1-4-25(24-15-10-19(2)18-20(24)3)27-26(28)21-11-13-22(14-12-21)29-16-17-30-23-8-6-5-7-9-23/h5-15,18,25H,4,16-17H2,1-3H3,(H,27,28)/t25-/m1/s1. The largest absolute Gasteiger partial charge is 0.493 e. The lowest BCUT2D eigenvalue weighted by molar-refractivity contribution is 0.0935. The van der Waals surface area contributed by atoms with Gasteiger partial charge < -0.3 is 10.1 Å². The minimum Gasteiger partial charge on any atom is -0.493 e. The number of aryl methyl sites for hydroxylation is 2. The van der Waals surface area contributed by atoms with Gasteiger partial charge in [-0.25, -0.2) is 0 Å².